The predicted octanol–water partition coefficient (Wildman–Crippen LogP) is 2.96. The molecule has 1 amide bonds. The summed E-state index contributed by atoms with van der Waals surface area (Å²) < 4.78 is 31.5. The molecule has 152 valence electrons. The van der Waals surface area contributed by atoms with E-state index in [1.165, 1.54) is 0 Å². The number of rotatable bonds is 8. The van der Waals surface area contributed by atoms with Crippen LogP contribution in [-0.2, 0) is 14.8 Å². The zero-order chi connectivity index (χ0) is 20.9. The number of amides is 1. The van der Waals surface area contributed by atoms with Gasteiger partial charge in [-0.25, -0.2) is 8.42 Å². The molecule has 0 saturated heterocycles. The van der Waals surface area contributed by atoms with E-state index in [0.717, 1.165) is 33.0 Å². The fraction of sp³-hybridized carbons (Fsp3) is 0.381. The number of nitrogens with one attached hydrogen (secondary N) is 1. The van der Waals surface area contributed by atoms with E-state index in [-0.39, 0.29) is 12.5 Å². The van der Waals surface area contributed by atoms with Gasteiger partial charge in [0.05, 0.1) is 18.5 Å². The fourth-order valence-corrected chi connectivity index (χ4v) is 4.04. The number of sulfonamides is 1. The van der Waals surface area contributed by atoms with E-state index in [9.17, 15) is 13.2 Å². The first-order chi connectivity index (χ1) is 13.1. The van der Waals surface area contributed by atoms with Crippen LogP contribution in [0.4, 0.5) is 5.69 Å². The maximum absolute atomic E-state index is 12.6. The van der Waals surface area contributed by atoms with Crippen LogP contribution < -0.4 is 14.4 Å². The molecule has 0 aliphatic rings. The number of hydrogen-bond acceptors (Lipinski definition) is 4. The number of para-hydroxylation sites is 1. The predicted molar refractivity (Wildman–Crippen MR) is 112 cm³/mol. The third-order valence-corrected chi connectivity index (χ3v) is 5.83. The Balaban J connectivity index is 2.03. The average Bonchev–Trinajstić information content (AvgIpc) is 2.62. The average molecular weight is 405 g/mol. The van der Waals surface area contributed by atoms with Crippen molar-refractivity contribution in [1.82, 2.24) is 5.32 Å². The van der Waals surface area contributed by atoms with Gasteiger partial charge in [0.25, 0.3) is 0 Å². The van der Waals surface area contributed by atoms with Gasteiger partial charge in [0.1, 0.15) is 18.4 Å². The van der Waals surface area contributed by atoms with Crippen LogP contribution in [0.15, 0.2) is 42.5 Å². The summed E-state index contributed by atoms with van der Waals surface area (Å²) in [5.41, 5.74) is 3.51. The summed E-state index contributed by atoms with van der Waals surface area (Å²) in [5.74, 6) is 0.384. The molecule has 0 fully saturated rings. The Morgan fingerprint density at radius 3 is 2.36 bits per heavy atom. The van der Waals surface area contributed by atoms with Crippen molar-refractivity contribution in [3.63, 3.8) is 0 Å². The van der Waals surface area contributed by atoms with Crippen LogP contribution in [0, 0.1) is 20.8 Å². The monoisotopic (exact) mass is 404 g/mol. The van der Waals surface area contributed by atoms with Crippen molar-refractivity contribution in [1.29, 1.82) is 0 Å². The number of hydrogen-bond donors (Lipinski definition) is 1. The lowest BCUT2D eigenvalue weighted by Gasteiger charge is -2.28. The fourth-order valence-electron chi connectivity index (χ4n) is 2.87. The highest BCUT2D eigenvalue weighted by molar-refractivity contribution is 7.92. The van der Waals surface area contributed by atoms with Crippen molar-refractivity contribution >= 4 is 21.6 Å². The molecule has 0 bridgehead atoms. The first-order valence-electron chi connectivity index (χ1n) is 9.14. The van der Waals surface area contributed by atoms with E-state index >= 15 is 0 Å². The molecule has 2 aromatic rings. The van der Waals surface area contributed by atoms with E-state index in [2.05, 4.69) is 5.32 Å². The van der Waals surface area contributed by atoms with Gasteiger partial charge >= 0.3 is 0 Å². The number of nitrogens with zero attached hydrogens (tertiary/aromatic N) is 1. The van der Waals surface area contributed by atoms with E-state index in [0.29, 0.717) is 12.3 Å². The van der Waals surface area contributed by atoms with Crippen molar-refractivity contribution in [2.45, 2.75) is 33.7 Å². The topological polar surface area (TPSA) is 75.7 Å². The Kier molecular flexibility index (Phi) is 7.07. The third-order valence-electron chi connectivity index (χ3n) is 4.59. The largest absolute Gasteiger partial charge is 0.491 e. The Hall–Kier alpha value is -2.54. The van der Waals surface area contributed by atoms with Gasteiger partial charge in [0, 0.05) is 0 Å². The third kappa shape index (κ3) is 5.48. The SMILES string of the molecule is Cc1ccc(N(C(C)C(=O)NCCOc2ccccc2C)S(C)(=O)=O)cc1C. The van der Waals surface area contributed by atoms with Crippen LogP contribution in [0.25, 0.3) is 0 Å². The molecule has 0 radical (unpaired) electrons. The summed E-state index contributed by atoms with van der Waals surface area (Å²) in [7, 11) is -3.63. The van der Waals surface area contributed by atoms with Gasteiger partial charge in [0.2, 0.25) is 15.9 Å². The number of ether oxygens (including phenoxy) is 1. The molecule has 1 unspecified atom stereocenters. The molecular formula is C21H28N2O4S. The molecule has 2 aromatic carbocycles. The van der Waals surface area contributed by atoms with E-state index < -0.39 is 16.1 Å². The van der Waals surface area contributed by atoms with Gasteiger partial charge in [-0.2, -0.15) is 0 Å². The Morgan fingerprint density at radius 2 is 1.75 bits per heavy atom. The summed E-state index contributed by atoms with van der Waals surface area (Å²) in [6, 6.07) is 12.1. The normalized spacial score (nSPS) is 12.3. The summed E-state index contributed by atoms with van der Waals surface area (Å²) in [5, 5.41) is 2.75. The molecule has 0 heterocycles. The summed E-state index contributed by atoms with van der Waals surface area (Å²) in [4.78, 5) is 12.6. The minimum Gasteiger partial charge on any atom is -0.491 e. The number of benzene rings is 2. The molecule has 0 aromatic heterocycles. The molecule has 0 spiro atoms. The summed E-state index contributed by atoms with van der Waals surface area (Å²) >= 11 is 0. The molecule has 0 aliphatic heterocycles. The lowest BCUT2D eigenvalue weighted by molar-refractivity contribution is -0.121. The summed E-state index contributed by atoms with van der Waals surface area (Å²) in [6.45, 7) is 7.96. The van der Waals surface area contributed by atoms with Crippen molar-refractivity contribution < 1.29 is 17.9 Å². The van der Waals surface area contributed by atoms with E-state index in [4.69, 9.17) is 4.74 Å². The Morgan fingerprint density at radius 1 is 1.07 bits per heavy atom. The van der Waals surface area contributed by atoms with Crippen LogP contribution in [0.1, 0.15) is 23.6 Å². The van der Waals surface area contributed by atoms with Crippen LogP contribution in [-0.4, -0.2) is 39.8 Å². The highest BCUT2D eigenvalue weighted by Gasteiger charge is 2.29. The number of carbonyl (C=O) groups is 1. The molecule has 1 N–H and O–H groups in total. The second kappa shape index (κ2) is 9.10. The second-order valence-corrected chi connectivity index (χ2v) is 8.77. The molecule has 0 saturated carbocycles. The molecule has 2 rings (SSSR count). The Bertz CT molecular complexity index is 941. The zero-order valence-electron chi connectivity index (χ0n) is 17.0. The number of carbonyl (C=O) groups excluding carboxylic acids is 1. The molecule has 1 atom stereocenters. The molecule has 6 nitrogen and oxygen atoms in total. The lowest BCUT2D eigenvalue weighted by atomic mass is 10.1. The second-order valence-electron chi connectivity index (χ2n) is 6.91. The van der Waals surface area contributed by atoms with Gasteiger partial charge < -0.3 is 10.1 Å². The Labute approximate surface area is 167 Å². The van der Waals surface area contributed by atoms with Crippen molar-refractivity contribution in [3.05, 3.63) is 59.2 Å². The van der Waals surface area contributed by atoms with Crippen LogP contribution in [0.2, 0.25) is 0 Å². The first kappa shape index (κ1) is 21.8. The zero-order valence-corrected chi connectivity index (χ0v) is 17.8. The molecule has 0 aliphatic carbocycles. The highest BCUT2D eigenvalue weighted by Crippen LogP contribution is 2.23. The number of anilines is 1. The standard InChI is InChI=1S/C21H28N2O4S/c1-15-10-11-19(14-17(15)3)23(28(5,25)26)18(4)21(24)22-12-13-27-20-9-7-6-8-16(20)2/h6-11,14,18H,12-13H2,1-5H3,(H,22,24). The van der Waals surface area contributed by atoms with E-state index in [1.54, 1.807) is 19.1 Å². The van der Waals surface area contributed by atoms with E-state index in [1.807, 2.05) is 51.1 Å². The van der Waals surface area contributed by atoms with Crippen LogP contribution in [0.3, 0.4) is 0 Å². The molecular weight excluding hydrogens is 376 g/mol. The van der Waals surface area contributed by atoms with Gasteiger partial charge in [-0.1, -0.05) is 24.3 Å². The van der Waals surface area contributed by atoms with Gasteiger partial charge in [-0.15, -0.1) is 0 Å². The smallest absolute Gasteiger partial charge is 0.243 e. The number of aryl methyl sites for hydroxylation is 3. The summed E-state index contributed by atoms with van der Waals surface area (Å²) in [6.07, 6.45) is 1.10. The van der Waals surface area contributed by atoms with Crippen molar-refractivity contribution in [3.8, 4) is 5.75 Å². The van der Waals surface area contributed by atoms with Crippen molar-refractivity contribution in [2.75, 3.05) is 23.7 Å². The van der Waals surface area contributed by atoms with Crippen LogP contribution in [0.5, 0.6) is 5.75 Å². The maximum atomic E-state index is 12.6. The quantitative estimate of drug-likeness (QED) is 0.687. The lowest BCUT2D eigenvalue weighted by Crippen LogP contribution is -2.48. The van der Waals surface area contributed by atoms with Crippen molar-refractivity contribution in [2.24, 2.45) is 0 Å². The minimum atomic E-state index is -3.63. The van der Waals surface area contributed by atoms with Gasteiger partial charge in [-0.05, 0) is 62.6 Å². The minimum absolute atomic E-state index is 0.280. The first-order valence-corrected chi connectivity index (χ1v) is 11.0. The van der Waals surface area contributed by atoms with Gasteiger partial charge in [-0.3, -0.25) is 9.10 Å². The van der Waals surface area contributed by atoms with Gasteiger partial charge in [0.15, 0.2) is 0 Å². The van der Waals surface area contributed by atoms with Crippen LogP contribution >= 0.6 is 0 Å². The highest BCUT2D eigenvalue weighted by atomic mass is 32.2. The molecule has 28 heavy (non-hydrogen) atoms. The molecule has 7 heteroatoms. The maximum Gasteiger partial charge on any atom is 0.243 e.